The van der Waals surface area contributed by atoms with E-state index in [0.717, 1.165) is 4.88 Å². The number of alkyl halides is 1. The summed E-state index contributed by atoms with van der Waals surface area (Å²) in [6.07, 6.45) is 0. The van der Waals surface area contributed by atoms with Crippen LogP contribution in [-0.4, -0.2) is 29.8 Å². The number of nitrogens with zero attached hydrogens (tertiary/aromatic N) is 1. The van der Waals surface area contributed by atoms with Crippen molar-refractivity contribution < 1.29 is 4.79 Å². The molecular weight excluding hydrogens is 230 g/mol. The molecule has 1 amide bonds. The van der Waals surface area contributed by atoms with E-state index in [9.17, 15) is 4.79 Å². The van der Waals surface area contributed by atoms with Gasteiger partial charge in [-0.25, -0.2) is 0 Å². The maximum atomic E-state index is 12.0. The molecular formula is C11H16ClNOS. The first-order chi connectivity index (χ1) is 7.10. The minimum absolute atomic E-state index is 0.0966. The molecule has 0 N–H and O–H groups in total. The molecule has 0 spiro atoms. The highest BCUT2D eigenvalue weighted by molar-refractivity contribution is 7.14. The van der Waals surface area contributed by atoms with Crippen LogP contribution < -0.4 is 0 Å². The van der Waals surface area contributed by atoms with Crippen molar-refractivity contribution in [2.24, 2.45) is 0 Å². The fraction of sp³-hybridized carbons (Fsp3) is 0.545. The Kier molecular flexibility index (Phi) is 4.61. The van der Waals surface area contributed by atoms with E-state index < -0.39 is 0 Å². The van der Waals surface area contributed by atoms with Gasteiger partial charge in [-0.2, -0.15) is 0 Å². The SMILES string of the molecule is CCN(CCCl)C(=O)c1cc(C)c(C)s1. The summed E-state index contributed by atoms with van der Waals surface area (Å²) in [6, 6.07) is 1.96. The summed E-state index contributed by atoms with van der Waals surface area (Å²) in [6.45, 7) is 7.36. The lowest BCUT2D eigenvalue weighted by Gasteiger charge is -2.18. The molecule has 0 unspecified atom stereocenters. The third kappa shape index (κ3) is 2.95. The van der Waals surface area contributed by atoms with E-state index in [-0.39, 0.29) is 5.91 Å². The van der Waals surface area contributed by atoms with Crippen molar-refractivity contribution in [1.82, 2.24) is 4.90 Å². The molecule has 0 bridgehead atoms. The van der Waals surface area contributed by atoms with Crippen molar-refractivity contribution in [1.29, 1.82) is 0 Å². The van der Waals surface area contributed by atoms with Gasteiger partial charge in [0.1, 0.15) is 0 Å². The second-order valence-corrected chi connectivity index (χ2v) is 5.06. The van der Waals surface area contributed by atoms with E-state index in [0.29, 0.717) is 19.0 Å². The number of thiophene rings is 1. The first-order valence-electron chi connectivity index (χ1n) is 5.02. The third-order valence-corrected chi connectivity index (χ3v) is 3.71. The summed E-state index contributed by atoms with van der Waals surface area (Å²) in [5.74, 6) is 0.586. The van der Waals surface area contributed by atoms with E-state index in [1.807, 2.05) is 26.8 Å². The molecule has 1 rings (SSSR count). The molecule has 0 radical (unpaired) electrons. The van der Waals surface area contributed by atoms with Crippen molar-refractivity contribution in [3.8, 4) is 0 Å². The number of hydrogen-bond acceptors (Lipinski definition) is 2. The summed E-state index contributed by atoms with van der Waals surface area (Å²) in [7, 11) is 0. The van der Waals surface area contributed by atoms with Crippen molar-refractivity contribution in [3.05, 3.63) is 21.4 Å². The van der Waals surface area contributed by atoms with Crippen LogP contribution in [0.1, 0.15) is 27.0 Å². The van der Waals surface area contributed by atoms with E-state index in [1.165, 1.54) is 10.4 Å². The van der Waals surface area contributed by atoms with Crippen LogP contribution in [0.4, 0.5) is 0 Å². The molecule has 0 aromatic carbocycles. The van der Waals surface area contributed by atoms with Gasteiger partial charge in [0, 0.05) is 23.8 Å². The number of amides is 1. The van der Waals surface area contributed by atoms with Crippen LogP contribution in [-0.2, 0) is 0 Å². The lowest BCUT2D eigenvalue weighted by molar-refractivity contribution is 0.0779. The van der Waals surface area contributed by atoms with Crippen LogP contribution in [0.5, 0.6) is 0 Å². The molecule has 0 aliphatic heterocycles. The fourth-order valence-electron chi connectivity index (χ4n) is 1.34. The highest BCUT2D eigenvalue weighted by atomic mass is 35.5. The Balaban J connectivity index is 2.82. The van der Waals surface area contributed by atoms with Gasteiger partial charge in [-0.3, -0.25) is 4.79 Å². The van der Waals surface area contributed by atoms with Crippen molar-refractivity contribution in [2.75, 3.05) is 19.0 Å². The molecule has 1 heterocycles. The molecule has 15 heavy (non-hydrogen) atoms. The molecule has 0 atom stereocenters. The number of carbonyl (C=O) groups excluding carboxylic acids is 1. The monoisotopic (exact) mass is 245 g/mol. The van der Waals surface area contributed by atoms with E-state index >= 15 is 0 Å². The van der Waals surface area contributed by atoms with Crippen LogP contribution in [0.3, 0.4) is 0 Å². The molecule has 1 aromatic rings. The molecule has 2 nitrogen and oxygen atoms in total. The zero-order chi connectivity index (χ0) is 11.4. The number of rotatable bonds is 4. The standard InChI is InChI=1S/C11H16ClNOS/c1-4-13(6-5-12)11(14)10-7-8(2)9(3)15-10/h7H,4-6H2,1-3H3. The third-order valence-electron chi connectivity index (χ3n) is 2.40. The molecule has 0 fully saturated rings. The molecule has 4 heteroatoms. The lowest BCUT2D eigenvalue weighted by Crippen LogP contribution is -2.31. The molecule has 1 aromatic heterocycles. The van der Waals surface area contributed by atoms with E-state index in [4.69, 9.17) is 11.6 Å². The number of aryl methyl sites for hydroxylation is 2. The summed E-state index contributed by atoms with van der Waals surface area (Å²) < 4.78 is 0. The van der Waals surface area contributed by atoms with Gasteiger partial charge < -0.3 is 4.90 Å². The van der Waals surface area contributed by atoms with Gasteiger partial charge in [-0.05, 0) is 32.4 Å². The lowest BCUT2D eigenvalue weighted by atomic mass is 10.2. The maximum Gasteiger partial charge on any atom is 0.263 e. The minimum Gasteiger partial charge on any atom is -0.337 e. The predicted molar refractivity (Wildman–Crippen MR) is 66.1 cm³/mol. The highest BCUT2D eigenvalue weighted by Gasteiger charge is 2.16. The van der Waals surface area contributed by atoms with E-state index in [1.54, 1.807) is 16.2 Å². The molecule has 84 valence electrons. The van der Waals surface area contributed by atoms with Crippen LogP contribution >= 0.6 is 22.9 Å². The molecule has 0 aliphatic rings. The van der Waals surface area contributed by atoms with Crippen LogP contribution in [0.25, 0.3) is 0 Å². The largest absolute Gasteiger partial charge is 0.337 e. The number of halogens is 1. The van der Waals surface area contributed by atoms with Gasteiger partial charge in [0.2, 0.25) is 0 Å². The van der Waals surface area contributed by atoms with Crippen LogP contribution in [0, 0.1) is 13.8 Å². The second kappa shape index (κ2) is 5.52. The zero-order valence-corrected chi connectivity index (χ0v) is 10.9. The average molecular weight is 246 g/mol. The van der Waals surface area contributed by atoms with Crippen LogP contribution in [0.2, 0.25) is 0 Å². The Morgan fingerprint density at radius 3 is 2.60 bits per heavy atom. The summed E-state index contributed by atoms with van der Waals surface area (Å²) in [5, 5.41) is 0. The first-order valence-corrected chi connectivity index (χ1v) is 6.37. The quantitative estimate of drug-likeness (QED) is 0.747. The average Bonchev–Trinajstić information content (AvgIpc) is 2.55. The van der Waals surface area contributed by atoms with Crippen molar-refractivity contribution in [2.45, 2.75) is 20.8 Å². The molecule has 0 saturated heterocycles. The van der Waals surface area contributed by atoms with Gasteiger partial charge in [0.15, 0.2) is 0 Å². The Labute approximate surface area is 99.9 Å². The topological polar surface area (TPSA) is 20.3 Å². The van der Waals surface area contributed by atoms with Gasteiger partial charge in [0.05, 0.1) is 4.88 Å². The Hall–Kier alpha value is -0.540. The summed E-state index contributed by atoms with van der Waals surface area (Å²) in [4.78, 5) is 15.8. The second-order valence-electron chi connectivity index (χ2n) is 3.42. The van der Waals surface area contributed by atoms with Gasteiger partial charge in [-0.15, -0.1) is 22.9 Å². The number of carbonyl (C=O) groups is 1. The maximum absolute atomic E-state index is 12.0. The summed E-state index contributed by atoms with van der Waals surface area (Å²) >= 11 is 7.21. The molecule has 0 saturated carbocycles. The normalized spacial score (nSPS) is 10.4. The van der Waals surface area contributed by atoms with Crippen molar-refractivity contribution >= 4 is 28.8 Å². The van der Waals surface area contributed by atoms with Gasteiger partial charge in [-0.1, -0.05) is 0 Å². The molecule has 0 aliphatic carbocycles. The van der Waals surface area contributed by atoms with Gasteiger partial charge in [0.25, 0.3) is 5.91 Å². The highest BCUT2D eigenvalue weighted by Crippen LogP contribution is 2.21. The van der Waals surface area contributed by atoms with Gasteiger partial charge >= 0.3 is 0 Å². The fourth-order valence-corrected chi connectivity index (χ4v) is 2.55. The Bertz CT molecular complexity index is 329. The first kappa shape index (κ1) is 12.5. The Morgan fingerprint density at radius 1 is 1.53 bits per heavy atom. The Morgan fingerprint density at radius 2 is 2.20 bits per heavy atom. The smallest absolute Gasteiger partial charge is 0.263 e. The minimum atomic E-state index is 0.0966. The number of hydrogen-bond donors (Lipinski definition) is 0. The van der Waals surface area contributed by atoms with Crippen LogP contribution in [0.15, 0.2) is 6.07 Å². The predicted octanol–water partition coefficient (Wildman–Crippen LogP) is 3.07. The van der Waals surface area contributed by atoms with Crippen molar-refractivity contribution in [3.63, 3.8) is 0 Å². The zero-order valence-electron chi connectivity index (χ0n) is 9.34. The van der Waals surface area contributed by atoms with E-state index in [2.05, 4.69) is 0 Å². The summed E-state index contributed by atoms with van der Waals surface area (Å²) in [5.41, 5.74) is 1.19.